The molecule has 19 heavy (non-hydrogen) atoms. The van der Waals surface area contributed by atoms with E-state index in [9.17, 15) is 8.42 Å². The van der Waals surface area contributed by atoms with Crippen LogP contribution in [0.5, 0.6) is 0 Å². The average molecular weight is 280 g/mol. The molecule has 0 amide bonds. The van der Waals surface area contributed by atoms with Crippen molar-refractivity contribution in [2.24, 2.45) is 0 Å². The predicted molar refractivity (Wildman–Crippen MR) is 73.2 cm³/mol. The van der Waals surface area contributed by atoms with Crippen molar-refractivity contribution in [2.45, 2.75) is 18.7 Å². The Morgan fingerprint density at radius 1 is 0.895 bits per heavy atom. The second-order valence-corrected chi connectivity index (χ2v) is 5.92. The Labute approximate surface area is 112 Å². The van der Waals surface area contributed by atoms with Gasteiger partial charge in [0.1, 0.15) is 0 Å². The quantitative estimate of drug-likeness (QED) is 0.867. The van der Waals surface area contributed by atoms with Gasteiger partial charge in [0.05, 0.1) is 10.6 Å². The van der Waals surface area contributed by atoms with Crippen LogP contribution in [0.4, 0.5) is 5.69 Å². The third kappa shape index (κ3) is 3.54. The van der Waals surface area contributed by atoms with Gasteiger partial charge in [0.25, 0.3) is 10.0 Å². The summed E-state index contributed by atoms with van der Waals surface area (Å²) in [5.41, 5.74) is 2.54. The Balaban J connectivity index is 0.00000180. The van der Waals surface area contributed by atoms with E-state index in [1.54, 1.807) is 36.4 Å². The van der Waals surface area contributed by atoms with Gasteiger partial charge in [0.15, 0.2) is 0 Å². The third-order valence-corrected chi connectivity index (χ3v) is 4.10. The van der Waals surface area contributed by atoms with Crippen LogP contribution in [0.2, 0.25) is 0 Å². The first-order chi connectivity index (χ1) is 8.49. The molecular weight excluding hydrogens is 265 g/mol. The van der Waals surface area contributed by atoms with Crippen molar-refractivity contribution < 1.29 is 13.1 Å². The van der Waals surface area contributed by atoms with E-state index in [2.05, 4.69) is 4.72 Å². The zero-order valence-corrected chi connectivity index (χ0v) is 11.5. The SMILES string of the molecule is Cc1ccc(S(=O)(=O)Nc2ccccc2C)cc1.[F-]. The molecule has 0 bridgehead atoms. The zero-order chi connectivity index (χ0) is 13.2. The van der Waals surface area contributed by atoms with Gasteiger partial charge in [-0.2, -0.15) is 0 Å². The second kappa shape index (κ2) is 5.84. The number of benzene rings is 2. The van der Waals surface area contributed by atoms with Gasteiger partial charge in [-0.3, -0.25) is 4.72 Å². The molecule has 1 N–H and O–H groups in total. The van der Waals surface area contributed by atoms with Crippen LogP contribution in [0.1, 0.15) is 11.1 Å². The van der Waals surface area contributed by atoms with Crippen LogP contribution in [0.15, 0.2) is 53.4 Å². The van der Waals surface area contributed by atoms with Crippen LogP contribution in [0.3, 0.4) is 0 Å². The Kier molecular flexibility index (Phi) is 4.67. The van der Waals surface area contributed by atoms with Crippen molar-refractivity contribution in [3.8, 4) is 0 Å². The molecule has 5 heteroatoms. The second-order valence-electron chi connectivity index (χ2n) is 4.23. The van der Waals surface area contributed by atoms with Crippen molar-refractivity contribution in [2.75, 3.05) is 4.72 Å². The normalized spacial score (nSPS) is 10.6. The Morgan fingerprint density at radius 3 is 2.05 bits per heavy atom. The van der Waals surface area contributed by atoms with E-state index in [0.717, 1.165) is 11.1 Å². The number of para-hydroxylation sites is 1. The summed E-state index contributed by atoms with van der Waals surface area (Å²) < 4.78 is 26.9. The molecule has 102 valence electrons. The number of anilines is 1. The predicted octanol–water partition coefficient (Wildman–Crippen LogP) is 0.108. The van der Waals surface area contributed by atoms with Gasteiger partial charge in [0, 0.05) is 0 Å². The number of hydrogen-bond donors (Lipinski definition) is 1. The van der Waals surface area contributed by atoms with E-state index in [4.69, 9.17) is 0 Å². The Bertz CT molecular complexity index is 651. The van der Waals surface area contributed by atoms with Crippen LogP contribution in [-0.4, -0.2) is 8.42 Å². The van der Waals surface area contributed by atoms with Crippen molar-refractivity contribution >= 4 is 15.7 Å². The lowest BCUT2D eigenvalue weighted by atomic mass is 10.2. The van der Waals surface area contributed by atoms with Crippen molar-refractivity contribution in [1.29, 1.82) is 0 Å². The topological polar surface area (TPSA) is 46.2 Å². The van der Waals surface area contributed by atoms with Crippen molar-refractivity contribution in [1.82, 2.24) is 0 Å². The molecule has 2 rings (SSSR count). The maximum Gasteiger partial charge on any atom is 0.261 e. The van der Waals surface area contributed by atoms with Crippen molar-refractivity contribution in [3.05, 3.63) is 59.7 Å². The number of nitrogens with one attached hydrogen (secondary N) is 1. The van der Waals surface area contributed by atoms with Gasteiger partial charge < -0.3 is 4.70 Å². The molecule has 0 radical (unpaired) electrons. The Hall–Kier alpha value is -1.88. The van der Waals surface area contributed by atoms with E-state index >= 15 is 0 Å². The largest absolute Gasteiger partial charge is 1.00 e. The summed E-state index contributed by atoms with van der Waals surface area (Å²) in [4.78, 5) is 0.274. The van der Waals surface area contributed by atoms with E-state index in [1.165, 1.54) is 0 Å². The molecule has 0 aliphatic carbocycles. The number of sulfonamides is 1. The summed E-state index contributed by atoms with van der Waals surface area (Å²) in [5.74, 6) is 0. The summed E-state index contributed by atoms with van der Waals surface area (Å²) in [6, 6.07) is 14.1. The molecule has 2 aromatic rings. The molecule has 0 atom stereocenters. The molecule has 0 saturated heterocycles. The summed E-state index contributed by atoms with van der Waals surface area (Å²) in [6.45, 7) is 3.79. The number of halogens is 1. The third-order valence-electron chi connectivity index (χ3n) is 2.72. The van der Waals surface area contributed by atoms with E-state index < -0.39 is 10.0 Å². The molecule has 0 spiro atoms. The van der Waals surface area contributed by atoms with Gasteiger partial charge >= 0.3 is 0 Å². The highest BCUT2D eigenvalue weighted by molar-refractivity contribution is 7.92. The maximum absolute atomic E-state index is 12.2. The summed E-state index contributed by atoms with van der Waals surface area (Å²) in [7, 11) is -3.50. The minimum Gasteiger partial charge on any atom is -1.00 e. The molecule has 2 aromatic carbocycles. The molecule has 0 aliphatic heterocycles. The van der Waals surface area contributed by atoms with Crippen LogP contribution < -0.4 is 9.43 Å². The van der Waals surface area contributed by atoms with Gasteiger partial charge in [-0.05, 0) is 37.6 Å². The molecule has 0 aromatic heterocycles. The van der Waals surface area contributed by atoms with Gasteiger partial charge in [-0.1, -0.05) is 35.9 Å². The standard InChI is InChI=1S/C14H15NO2S.FH/c1-11-7-9-13(10-8-11)18(16,17)15-14-6-4-3-5-12(14)2;/h3-10,15H,1-2H3;1H/p-1. The number of aryl methyl sites for hydroxylation is 2. The van der Waals surface area contributed by atoms with Gasteiger partial charge in [-0.15, -0.1) is 0 Å². The van der Waals surface area contributed by atoms with Crippen LogP contribution in [0, 0.1) is 13.8 Å². The molecule has 0 fully saturated rings. The first kappa shape index (κ1) is 15.2. The van der Waals surface area contributed by atoms with Crippen LogP contribution in [-0.2, 0) is 10.0 Å². The van der Waals surface area contributed by atoms with Crippen LogP contribution in [0.25, 0.3) is 0 Å². The fourth-order valence-corrected chi connectivity index (χ4v) is 2.74. The summed E-state index contributed by atoms with van der Waals surface area (Å²) in [6.07, 6.45) is 0. The molecule has 0 unspecified atom stereocenters. The lowest BCUT2D eigenvalue weighted by Gasteiger charge is -2.10. The molecule has 0 heterocycles. The highest BCUT2D eigenvalue weighted by atomic mass is 32.2. The molecule has 0 aliphatic rings. The lowest BCUT2D eigenvalue weighted by molar-refractivity contribution is -0.00000616. The number of hydrogen-bond acceptors (Lipinski definition) is 2. The average Bonchev–Trinajstić information content (AvgIpc) is 2.32. The van der Waals surface area contributed by atoms with E-state index in [1.807, 2.05) is 26.0 Å². The monoisotopic (exact) mass is 280 g/mol. The van der Waals surface area contributed by atoms with Crippen LogP contribution >= 0.6 is 0 Å². The summed E-state index contributed by atoms with van der Waals surface area (Å²) >= 11 is 0. The zero-order valence-electron chi connectivity index (χ0n) is 10.7. The smallest absolute Gasteiger partial charge is 0.261 e. The lowest BCUT2D eigenvalue weighted by Crippen LogP contribution is -3.00. The maximum atomic E-state index is 12.2. The summed E-state index contributed by atoms with van der Waals surface area (Å²) in [5, 5.41) is 0. The molecule has 0 saturated carbocycles. The molecular formula is C14H15FNO2S-. The minimum absolute atomic E-state index is 0. The first-order valence-electron chi connectivity index (χ1n) is 5.64. The van der Waals surface area contributed by atoms with Crippen molar-refractivity contribution in [3.63, 3.8) is 0 Å². The fourth-order valence-electron chi connectivity index (χ4n) is 1.61. The first-order valence-corrected chi connectivity index (χ1v) is 7.12. The van der Waals surface area contributed by atoms with Gasteiger partial charge in [-0.25, -0.2) is 8.42 Å². The van der Waals surface area contributed by atoms with E-state index in [0.29, 0.717) is 5.69 Å². The van der Waals surface area contributed by atoms with Gasteiger partial charge in [0.2, 0.25) is 0 Å². The fraction of sp³-hybridized carbons (Fsp3) is 0.143. The number of rotatable bonds is 3. The molecule has 3 nitrogen and oxygen atoms in total. The highest BCUT2D eigenvalue weighted by Crippen LogP contribution is 2.19. The highest BCUT2D eigenvalue weighted by Gasteiger charge is 2.14. The Morgan fingerprint density at radius 2 is 1.47 bits per heavy atom. The van der Waals surface area contributed by atoms with E-state index in [-0.39, 0.29) is 9.60 Å². The minimum atomic E-state index is -3.50.